The summed E-state index contributed by atoms with van der Waals surface area (Å²) in [5.41, 5.74) is 0.181. The molecule has 0 aromatic heterocycles. The Morgan fingerprint density at radius 1 is 1.47 bits per heavy atom. The highest BCUT2D eigenvalue weighted by Crippen LogP contribution is 2.16. The van der Waals surface area contributed by atoms with Crippen LogP contribution in [0.2, 0.25) is 0 Å². The molecular weight excluding hydrogens is 321 g/mol. The van der Waals surface area contributed by atoms with Crippen LogP contribution in [0.5, 0.6) is 0 Å². The zero-order chi connectivity index (χ0) is 14.4. The maximum atomic E-state index is 13.3. The highest BCUT2D eigenvalue weighted by atomic mass is 79.9. The van der Waals surface area contributed by atoms with E-state index in [1.165, 1.54) is 24.3 Å². The fraction of sp³-hybridized carbons (Fsp3) is 0.167. The number of aliphatic carboxylic acids is 1. The van der Waals surface area contributed by atoms with Gasteiger partial charge >= 0.3 is 5.97 Å². The number of benzene rings is 1. The van der Waals surface area contributed by atoms with E-state index in [9.17, 15) is 14.0 Å². The summed E-state index contributed by atoms with van der Waals surface area (Å²) in [5, 5.41) is 19.4. The summed E-state index contributed by atoms with van der Waals surface area (Å²) in [4.78, 5) is 22.0. The Labute approximate surface area is 116 Å². The smallest absolute Gasteiger partial charge is 0.328 e. The lowest BCUT2D eigenvalue weighted by atomic mass is 10.2. The lowest BCUT2D eigenvalue weighted by Gasteiger charge is -2.09. The third kappa shape index (κ3) is 4.80. The molecule has 0 aliphatic rings. The molecule has 1 amide bonds. The van der Waals surface area contributed by atoms with Gasteiger partial charge in [0.25, 0.3) is 0 Å². The van der Waals surface area contributed by atoms with Gasteiger partial charge in [-0.25, -0.2) is 9.18 Å². The summed E-state index contributed by atoms with van der Waals surface area (Å²) in [6.45, 7) is -0.722. The van der Waals surface area contributed by atoms with Crippen molar-refractivity contribution >= 4 is 33.9 Å². The molecule has 0 saturated carbocycles. The Bertz CT molecular complexity index is 518. The molecule has 0 spiro atoms. The number of aliphatic hydroxyl groups is 1. The van der Waals surface area contributed by atoms with E-state index in [0.717, 1.165) is 6.08 Å². The molecule has 0 bridgehead atoms. The zero-order valence-electron chi connectivity index (χ0n) is 9.64. The quantitative estimate of drug-likeness (QED) is 0.707. The second-order valence-electron chi connectivity index (χ2n) is 3.58. The van der Waals surface area contributed by atoms with E-state index < -0.39 is 30.3 Å². The second-order valence-corrected chi connectivity index (χ2v) is 4.50. The number of carboxylic acids is 1. The molecule has 1 aromatic carbocycles. The van der Waals surface area contributed by atoms with Gasteiger partial charge in [-0.15, -0.1) is 0 Å². The number of carbonyl (C=O) groups excluding carboxylic acids is 1. The Morgan fingerprint density at radius 2 is 2.16 bits per heavy atom. The number of amides is 1. The molecular formula is C12H11BrFNO4. The lowest BCUT2D eigenvalue weighted by molar-refractivity contribution is -0.142. The van der Waals surface area contributed by atoms with E-state index in [1.807, 2.05) is 0 Å². The summed E-state index contributed by atoms with van der Waals surface area (Å²) in [6.07, 6.45) is 2.21. The number of nitrogens with one attached hydrogen (secondary N) is 1. The van der Waals surface area contributed by atoms with Crippen molar-refractivity contribution in [3.05, 3.63) is 40.1 Å². The van der Waals surface area contributed by atoms with Gasteiger partial charge in [0.15, 0.2) is 6.04 Å². The van der Waals surface area contributed by atoms with Crippen molar-refractivity contribution in [1.82, 2.24) is 5.32 Å². The molecule has 0 saturated heterocycles. The number of hydrogen-bond donors (Lipinski definition) is 3. The molecule has 1 atom stereocenters. The molecule has 1 aromatic rings. The average molecular weight is 332 g/mol. The predicted octanol–water partition coefficient (Wildman–Crippen LogP) is 1.16. The number of carboxylic acid groups (broad SMARTS) is 1. The van der Waals surface area contributed by atoms with Crippen LogP contribution < -0.4 is 5.32 Å². The fourth-order valence-electron chi connectivity index (χ4n) is 1.21. The Kier molecular flexibility index (Phi) is 5.65. The van der Waals surface area contributed by atoms with Crippen molar-refractivity contribution in [2.45, 2.75) is 6.04 Å². The molecule has 0 unspecified atom stereocenters. The molecule has 0 aliphatic carbocycles. The van der Waals surface area contributed by atoms with Crippen molar-refractivity contribution < 1.29 is 24.2 Å². The number of hydrogen-bond acceptors (Lipinski definition) is 3. The first-order chi connectivity index (χ1) is 8.93. The largest absolute Gasteiger partial charge is 0.480 e. The maximum absolute atomic E-state index is 13.3. The van der Waals surface area contributed by atoms with Crippen LogP contribution in [0, 0.1) is 5.82 Å². The molecule has 7 heteroatoms. The lowest BCUT2D eigenvalue weighted by Crippen LogP contribution is -2.42. The zero-order valence-corrected chi connectivity index (χ0v) is 11.2. The highest BCUT2D eigenvalue weighted by Gasteiger charge is 2.17. The van der Waals surface area contributed by atoms with E-state index in [-0.39, 0.29) is 5.56 Å². The number of rotatable bonds is 5. The van der Waals surface area contributed by atoms with Crippen molar-refractivity contribution in [3.63, 3.8) is 0 Å². The minimum absolute atomic E-state index is 0.181. The molecule has 102 valence electrons. The highest BCUT2D eigenvalue weighted by molar-refractivity contribution is 9.10. The summed E-state index contributed by atoms with van der Waals surface area (Å²) in [6, 6.07) is 2.83. The summed E-state index contributed by atoms with van der Waals surface area (Å²) in [7, 11) is 0. The van der Waals surface area contributed by atoms with Crippen molar-refractivity contribution in [1.29, 1.82) is 0 Å². The van der Waals surface area contributed by atoms with Crippen LogP contribution in [-0.2, 0) is 9.59 Å². The van der Waals surface area contributed by atoms with Gasteiger partial charge in [0.1, 0.15) is 5.82 Å². The molecule has 19 heavy (non-hydrogen) atoms. The van der Waals surface area contributed by atoms with Gasteiger partial charge in [-0.05, 0) is 24.3 Å². The molecule has 1 rings (SSSR count). The first-order valence-corrected chi connectivity index (χ1v) is 6.00. The van der Waals surface area contributed by atoms with Gasteiger partial charge in [-0.2, -0.15) is 0 Å². The van der Waals surface area contributed by atoms with Crippen LogP contribution in [0.25, 0.3) is 6.08 Å². The Hall–Kier alpha value is -1.73. The van der Waals surface area contributed by atoms with Crippen molar-refractivity contribution in [2.75, 3.05) is 6.61 Å². The average Bonchev–Trinajstić information content (AvgIpc) is 2.36. The SMILES string of the molecule is O=C(/C=C/c1cc(Br)ccc1F)N[C@H](CO)C(=O)O. The van der Waals surface area contributed by atoms with E-state index in [1.54, 1.807) is 0 Å². The number of aliphatic hydroxyl groups excluding tert-OH is 1. The van der Waals surface area contributed by atoms with Gasteiger partial charge in [-0.3, -0.25) is 4.79 Å². The molecule has 0 fully saturated rings. The Balaban J connectivity index is 2.73. The molecule has 0 heterocycles. The van der Waals surface area contributed by atoms with Crippen molar-refractivity contribution in [3.8, 4) is 0 Å². The maximum Gasteiger partial charge on any atom is 0.328 e. The third-order valence-corrected chi connectivity index (χ3v) is 2.66. The molecule has 3 N–H and O–H groups in total. The van der Waals surface area contributed by atoms with Gasteiger partial charge < -0.3 is 15.5 Å². The van der Waals surface area contributed by atoms with Crippen LogP contribution in [0.4, 0.5) is 4.39 Å². The standard InChI is InChI=1S/C12H11BrFNO4/c13-8-2-3-9(14)7(5-8)1-4-11(17)15-10(6-16)12(18)19/h1-5,10,16H,6H2,(H,15,17)(H,18,19)/b4-1+/t10-/m1/s1. The minimum Gasteiger partial charge on any atom is -0.480 e. The van der Waals surface area contributed by atoms with Crippen LogP contribution >= 0.6 is 15.9 Å². The van der Waals surface area contributed by atoms with Gasteiger partial charge in [-0.1, -0.05) is 15.9 Å². The summed E-state index contributed by atoms with van der Waals surface area (Å²) in [5.74, 6) is -2.59. The van der Waals surface area contributed by atoms with Gasteiger partial charge in [0.2, 0.25) is 5.91 Å². The van der Waals surface area contributed by atoms with Gasteiger partial charge in [0.05, 0.1) is 6.61 Å². The first kappa shape index (κ1) is 15.3. The van der Waals surface area contributed by atoms with Crippen LogP contribution in [0.1, 0.15) is 5.56 Å². The van der Waals surface area contributed by atoms with Crippen molar-refractivity contribution in [2.24, 2.45) is 0 Å². The topological polar surface area (TPSA) is 86.6 Å². The minimum atomic E-state index is -1.38. The fourth-order valence-corrected chi connectivity index (χ4v) is 1.59. The van der Waals surface area contributed by atoms with Crippen LogP contribution in [0.15, 0.2) is 28.7 Å². The van der Waals surface area contributed by atoms with Crippen LogP contribution in [-0.4, -0.2) is 34.7 Å². The van der Waals surface area contributed by atoms with E-state index in [2.05, 4.69) is 21.2 Å². The first-order valence-electron chi connectivity index (χ1n) is 5.21. The van der Waals surface area contributed by atoms with E-state index in [0.29, 0.717) is 4.47 Å². The van der Waals surface area contributed by atoms with E-state index >= 15 is 0 Å². The number of halogens is 2. The monoisotopic (exact) mass is 331 g/mol. The number of carbonyl (C=O) groups is 2. The Morgan fingerprint density at radius 3 is 2.74 bits per heavy atom. The molecule has 0 radical (unpaired) electrons. The molecule has 0 aliphatic heterocycles. The summed E-state index contributed by atoms with van der Waals surface area (Å²) >= 11 is 3.16. The second kappa shape index (κ2) is 7.01. The van der Waals surface area contributed by atoms with Crippen LogP contribution in [0.3, 0.4) is 0 Å². The summed E-state index contributed by atoms with van der Waals surface area (Å²) < 4.78 is 14.0. The third-order valence-electron chi connectivity index (χ3n) is 2.17. The predicted molar refractivity (Wildman–Crippen MR) is 69.8 cm³/mol. The normalized spacial score (nSPS) is 12.4. The van der Waals surface area contributed by atoms with E-state index in [4.69, 9.17) is 10.2 Å². The van der Waals surface area contributed by atoms with Gasteiger partial charge in [0, 0.05) is 16.1 Å². The molecule has 5 nitrogen and oxygen atoms in total.